The Morgan fingerprint density at radius 2 is 1.50 bits per heavy atom. The van der Waals surface area contributed by atoms with E-state index in [-0.39, 0.29) is 0 Å². The number of aromatic nitrogens is 2. The van der Waals surface area contributed by atoms with Crippen molar-refractivity contribution in [2.45, 2.75) is 6.92 Å². The number of ether oxygens (including phenoxy) is 1. The van der Waals surface area contributed by atoms with Gasteiger partial charge in [0.15, 0.2) is 13.2 Å². The third-order valence-corrected chi connectivity index (χ3v) is 11.3. The molecule has 0 bridgehead atoms. The quantitative estimate of drug-likeness (QED) is 0.255. The van der Waals surface area contributed by atoms with Gasteiger partial charge in [0.25, 0.3) is 0 Å². The Hall–Kier alpha value is -2.93. The minimum Gasteiger partial charge on any atom is -0.379 e. The van der Waals surface area contributed by atoms with Gasteiger partial charge in [-0.2, -0.15) is 5.10 Å². The highest BCUT2D eigenvalue weighted by Crippen LogP contribution is 2.62. The lowest BCUT2D eigenvalue weighted by atomic mass is 10.2. The van der Waals surface area contributed by atoms with Crippen molar-refractivity contribution in [2.24, 2.45) is 9.74 Å². The van der Waals surface area contributed by atoms with E-state index in [1.165, 1.54) is 0 Å². The fourth-order valence-corrected chi connectivity index (χ4v) is 9.52. The predicted molar refractivity (Wildman–Crippen MR) is 156 cm³/mol. The second-order valence-electron chi connectivity index (χ2n) is 9.13. The molecule has 0 aliphatic carbocycles. The Morgan fingerprint density at radius 1 is 0.868 bits per heavy atom. The number of aryl methyl sites for hydroxylation is 1. The SMILES string of the molecule is Cc1nn(-c2ccccc2)c2c1P(=Nc1c(Cl)cccc1Cl)(N1CCOCC1)N(C)C(c1ccccc1)=N2. The van der Waals surface area contributed by atoms with Crippen LogP contribution < -0.4 is 5.30 Å². The third kappa shape index (κ3) is 4.19. The molecule has 2 aliphatic heterocycles. The zero-order valence-corrected chi connectivity index (χ0v) is 23.5. The van der Waals surface area contributed by atoms with Crippen LogP contribution in [0.25, 0.3) is 5.69 Å². The fourth-order valence-electron chi connectivity index (χ4n) is 5.07. The lowest BCUT2D eigenvalue weighted by molar-refractivity contribution is 0.0732. The molecule has 1 saturated heterocycles. The summed E-state index contributed by atoms with van der Waals surface area (Å²) in [6.45, 7) is 4.68. The second-order valence-corrected chi connectivity index (χ2v) is 12.9. The minimum atomic E-state index is -2.75. The van der Waals surface area contributed by atoms with Gasteiger partial charge in [0.05, 0.1) is 39.9 Å². The zero-order chi connectivity index (χ0) is 26.3. The summed E-state index contributed by atoms with van der Waals surface area (Å²) in [5.41, 5.74) is 3.39. The Bertz CT molecular complexity index is 1540. The van der Waals surface area contributed by atoms with Crippen molar-refractivity contribution in [1.29, 1.82) is 0 Å². The van der Waals surface area contributed by atoms with Crippen LogP contribution in [0.2, 0.25) is 10.0 Å². The van der Waals surface area contributed by atoms with Gasteiger partial charge in [0.2, 0.25) is 0 Å². The van der Waals surface area contributed by atoms with Crippen LogP contribution in [0.15, 0.2) is 88.6 Å². The number of para-hydroxylation sites is 1. The molecular formula is C28H27Cl2N6OP. The summed E-state index contributed by atoms with van der Waals surface area (Å²) >= 11 is 13.5. The van der Waals surface area contributed by atoms with Crippen LogP contribution in [0.4, 0.5) is 11.5 Å². The first-order valence-electron chi connectivity index (χ1n) is 12.4. The Balaban J connectivity index is 1.74. The zero-order valence-electron chi connectivity index (χ0n) is 21.1. The normalized spacial score (nSPS) is 19.7. The van der Waals surface area contributed by atoms with E-state index in [1.54, 1.807) is 0 Å². The average molecular weight is 565 g/mol. The Morgan fingerprint density at radius 3 is 2.16 bits per heavy atom. The molecular weight excluding hydrogens is 538 g/mol. The van der Waals surface area contributed by atoms with Crippen molar-refractivity contribution >= 4 is 53.2 Å². The molecule has 0 spiro atoms. The topological polar surface area (TPSA) is 58.3 Å². The number of hydrogen-bond donors (Lipinski definition) is 0. The highest BCUT2D eigenvalue weighted by atomic mass is 35.5. The molecule has 1 atom stereocenters. The molecule has 1 aromatic heterocycles. The summed E-state index contributed by atoms with van der Waals surface area (Å²) < 4.78 is 17.9. The van der Waals surface area contributed by atoms with Crippen LogP contribution in [-0.2, 0) is 4.74 Å². The van der Waals surface area contributed by atoms with Crippen molar-refractivity contribution in [3.8, 4) is 5.69 Å². The van der Waals surface area contributed by atoms with Gasteiger partial charge in [-0.15, -0.1) is 0 Å². The first-order valence-corrected chi connectivity index (χ1v) is 14.8. The van der Waals surface area contributed by atoms with Gasteiger partial charge in [0.1, 0.15) is 11.5 Å². The maximum absolute atomic E-state index is 6.75. The molecule has 0 saturated carbocycles. The molecule has 0 amide bonds. The van der Waals surface area contributed by atoms with Crippen LogP contribution in [0, 0.1) is 6.92 Å². The number of amidine groups is 1. The molecule has 0 N–H and O–H groups in total. The number of fused-ring (bicyclic) bond motifs is 1. The lowest BCUT2D eigenvalue weighted by Gasteiger charge is -2.46. The van der Waals surface area contributed by atoms with Crippen LogP contribution in [0.3, 0.4) is 0 Å². The van der Waals surface area contributed by atoms with Gasteiger partial charge in [-0.05, 0) is 31.2 Å². The van der Waals surface area contributed by atoms with Crippen molar-refractivity contribution in [3.05, 3.63) is 100 Å². The van der Waals surface area contributed by atoms with Gasteiger partial charge >= 0.3 is 0 Å². The summed E-state index contributed by atoms with van der Waals surface area (Å²) in [4.78, 5) is 5.26. The smallest absolute Gasteiger partial charge is 0.170 e. The molecule has 3 heterocycles. The maximum atomic E-state index is 6.75. The highest BCUT2D eigenvalue weighted by Gasteiger charge is 2.45. The number of aliphatic imine (C=N–C) groups is 1. The maximum Gasteiger partial charge on any atom is 0.170 e. The van der Waals surface area contributed by atoms with Gasteiger partial charge in [-0.1, -0.05) is 77.8 Å². The van der Waals surface area contributed by atoms with Crippen molar-refractivity contribution in [1.82, 2.24) is 19.1 Å². The van der Waals surface area contributed by atoms with Gasteiger partial charge in [-0.3, -0.25) is 0 Å². The molecule has 7 nitrogen and oxygen atoms in total. The Kier molecular flexibility index (Phi) is 6.89. The van der Waals surface area contributed by atoms with Gasteiger partial charge in [0, 0.05) is 25.7 Å². The molecule has 2 aliphatic rings. The van der Waals surface area contributed by atoms with Crippen molar-refractivity contribution < 1.29 is 4.74 Å². The molecule has 0 radical (unpaired) electrons. The standard InChI is InChI=1S/C28H27Cl2N6OP/c1-20-26-28(36(32-20)22-12-7-4-8-13-22)31-27(21-10-5-3-6-11-21)34(2)38(26,35-16-18-37-19-17-35)33-25-23(29)14-9-15-24(25)30/h3-15H,16-19H2,1-2H3. The van der Waals surface area contributed by atoms with Gasteiger partial charge < -0.3 is 9.41 Å². The molecule has 4 aromatic rings. The van der Waals surface area contributed by atoms with Crippen LogP contribution in [-0.4, -0.2) is 58.3 Å². The first kappa shape index (κ1) is 25.4. The van der Waals surface area contributed by atoms with Crippen LogP contribution in [0.5, 0.6) is 0 Å². The van der Waals surface area contributed by atoms with E-state index >= 15 is 0 Å². The largest absolute Gasteiger partial charge is 0.379 e. The molecule has 1 fully saturated rings. The second kappa shape index (κ2) is 10.3. The number of nitrogens with zero attached hydrogens (tertiary/aromatic N) is 6. The van der Waals surface area contributed by atoms with E-state index in [4.69, 9.17) is 42.8 Å². The average Bonchev–Trinajstić information content (AvgIpc) is 3.29. The summed E-state index contributed by atoms with van der Waals surface area (Å²) in [5.74, 6) is 1.60. The predicted octanol–water partition coefficient (Wildman–Crippen LogP) is 6.83. The number of halogens is 2. The van der Waals surface area contributed by atoms with E-state index in [0.29, 0.717) is 42.0 Å². The number of rotatable bonds is 4. The van der Waals surface area contributed by atoms with E-state index in [2.05, 4.69) is 28.5 Å². The van der Waals surface area contributed by atoms with Crippen LogP contribution >= 0.6 is 30.6 Å². The van der Waals surface area contributed by atoms with E-state index in [0.717, 1.165) is 33.9 Å². The van der Waals surface area contributed by atoms with Crippen LogP contribution in [0.1, 0.15) is 11.3 Å². The first-order chi connectivity index (χ1) is 18.5. The lowest BCUT2D eigenvalue weighted by Crippen LogP contribution is -2.45. The molecule has 6 rings (SSSR count). The van der Waals surface area contributed by atoms with Gasteiger partial charge in [-0.25, -0.2) is 19.1 Å². The summed E-state index contributed by atoms with van der Waals surface area (Å²) in [6.07, 6.45) is 0. The van der Waals surface area contributed by atoms with E-state index < -0.39 is 7.36 Å². The third-order valence-electron chi connectivity index (χ3n) is 6.83. The minimum absolute atomic E-state index is 0.511. The fraction of sp³-hybridized carbons (Fsp3) is 0.214. The summed E-state index contributed by atoms with van der Waals surface area (Å²) in [6, 6.07) is 25.8. The number of benzene rings is 3. The Labute approximate surface area is 232 Å². The molecule has 38 heavy (non-hydrogen) atoms. The molecule has 10 heteroatoms. The summed E-state index contributed by atoms with van der Waals surface area (Å²) in [5, 5.41) is 7.05. The summed E-state index contributed by atoms with van der Waals surface area (Å²) in [7, 11) is -0.678. The molecule has 1 unspecified atom stereocenters. The number of hydrogen-bond acceptors (Lipinski definition) is 4. The van der Waals surface area contributed by atoms with Crippen molar-refractivity contribution in [2.75, 3.05) is 33.4 Å². The molecule has 194 valence electrons. The van der Waals surface area contributed by atoms with E-state index in [1.807, 2.05) is 78.3 Å². The highest BCUT2D eigenvalue weighted by molar-refractivity contribution is 7.70. The monoisotopic (exact) mass is 564 g/mol. The number of morpholine rings is 1. The van der Waals surface area contributed by atoms with E-state index in [9.17, 15) is 0 Å². The van der Waals surface area contributed by atoms with Crippen molar-refractivity contribution in [3.63, 3.8) is 0 Å². The molecule has 3 aromatic carbocycles.